The Bertz CT molecular complexity index is 722. The maximum atomic E-state index is 11.8. The maximum absolute atomic E-state index is 11.8. The lowest BCUT2D eigenvalue weighted by Crippen LogP contribution is -2.17. The summed E-state index contributed by atoms with van der Waals surface area (Å²) in [5.74, 6) is -0.112. The van der Waals surface area contributed by atoms with Gasteiger partial charge in [-0.1, -0.05) is 6.07 Å². The second kappa shape index (κ2) is 5.92. The third kappa shape index (κ3) is 2.92. The van der Waals surface area contributed by atoms with Gasteiger partial charge >= 0.3 is 5.97 Å². The van der Waals surface area contributed by atoms with E-state index in [4.69, 9.17) is 15.7 Å². The number of hydrogen-bond acceptors (Lipinski definition) is 6. The van der Waals surface area contributed by atoms with Crippen LogP contribution in [0.15, 0.2) is 36.5 Å². The molecule has 2 aromatic rings. The Morgan fingerprint density at radius 1 is 1.43 bits per heavy atom. The number of nitrogens with two attached hydrogens (primary N) is 1. The van der Waals surface area contributed by atoms with Crippen LogP contribution in [0.3, 0.4) is 0 Å². The maximum Gasteiger partial charge on any atom is 0.341 e. The van der Waals surface area contributed by atoms with E-state index in [2.05, 4.69) is 11.1 Å². The number of nitrogens with zero attached hydrogens (tertiary/aromatic N) is 3. The summed E-state index contributed by atoms with van der Waals surface area (Å²) < 4.78 is 4.75. The van der Waals surface area contributed by atoms with Gasteiger partial charge in [0.05, 0.1) is 30.6 Å². The van der Waals surface area contributed by atoms with E-state index < -0.39 is 5.97 Å². The second-order valence-corrected chi connectivity index (χ2v) is 4.35. The topological polar surface area (TPSA) is 92.2 Å². The van der Waals surface area contributed by atoms with E-state index in [1.165, 1.54) is 19.4 Å². The SMILES string of the molecule is COC(=O)c1cc(N)cnc1N(C)c1cccc(C#N)c1. The number of anilines is 3. The number of rotatable bonds is 3. The highest BCUT2D eigenvalue weighted by Crippen LogP contribution is 2.27. The lowest BCUT2D eigenvalue weighted by atomic mass is 10.2. The van der Waals surface area contributed by atoms with Crippen LogP contribution in [0.25, 0.3) is 0 Å². The third-order valence-electron chi connectivity index (χ3n) is 2.97. The van der Waals surface area contributed by atoms with Crippen molar-refractivity contribution in [2.75, 3.05) is 24.8 Å². The molecule has 0 bridgehead atoms. The summed E-state index contributed by atoms with van der Waals surface area (Å²) >= 11 is 0. The zero-order valence-electron chi connectivity index (χ0n) is 11.7. The first kappa shape index (κ1) is 14.3. The lowest BCUT2D eigenvalue weighted by molar-refractivity contribution is 0.0601. The van der Waals surface area contributed by atoms with Crippen LogP contribution >= 0.6 is 0 Å². The third-order valence-corrected chi connectivity index (χ3v) is 2.97. The molecule has 106 valence electrons. The van der Waals surface area contributed by atoms with Crippen molar-refractivity contribution in [3.8, 4) is 6.07 Å². The van der Waals surface area contributed by atoms with E-state index in [-0.39, 0.29) is 5.56 Å². The van der Waals surface area contributed by atoms with Gasteiger partial charge in [0.15, 0.2) is 0 Å². The molecule has 1 aromatic carbocycles. The van der Waals surface area contributed by atoms with Gasteiger partial charge in [0.25, 0.3) is 0 Å². The van der Waals surface area contributed by atoms with Gasteiger partial charge in [-0.2, -0.15) is 5.26 Å². The number of pyridine rings is 1. The van der Waals surface area contributed by atoms with E-state index in [0.29, 0.717) is 17.1 Å². The second-order valence-electron chi connectivity index (χ2n) is 4.35. The number of ether oxygens (including phenoxy) is 1. The van der Waals surface area contributed by atoms with Crippen LogP contribution in [0.5, 0.6) is 0 Å². The van der Waals surface area contributed by atoms with Crippen LogP contribution in [0, 0.1) is 11.3 Å². The van der Waals surface area contributed by atoms with Crippen molar-refractivity contribution in [3.05, 3.63) is 47.7 Å². The standard InChI is InChI=1S/C15H14N4O2/c1-19(12-5-3-4-10(6-12)8-16)14-13(15(20)21-2)7-11(17)9-18-14/h3-7,9H,17H2,1-2H3. The Balaban J connectivity index is 2.50. The number of nitriles is 1. The molecule has 0 aliphatic rings. The number of hydrogen-bond donors (Lipinski definition) is 1. The number of benzene rings is 1. The van der Waals surface area contributed by atoms with E-state index in [9.17, 15) is 4.79 Å². The Hall–Kier alpha value is -3.07. The lowest BCUT2D eigenvalue weighted by Gasteiger charge is -2.20. The summed E-state index contributed by atoms with van der Waals surface area (Å²) in [4.78, 5) is 17.7. The summed E-state index contributed by atoms with van der Waals surface area (Å²) in [5.41, 5.74) is 7.57. The molecule has 0 amide bonds. The van der Waals surface area contributed by atoms with Crippen LogP contribution < -0.4 is 10.6 Å². The molecule has 0 aliphatic heterocycles. The highest BCUT2D eigenvalue weighted by molar-refractivity contribution is 5.96. The predicted octanol–water partition coefficient (Wildman–Crippen LogP) is 2.09. The number of aromatic nitrogens is 1. The fourth-order valence-corrected chi connectivity index (χ4v) is 1.91. The van der Waals surface area contributed by atoms with Crippen molar-refractivity contribution in [3.63, 3.8) is 0 Å². The first-order chi connectivity index (χ1) is 10.1. The van der Waals surface area contributed by atoms with Crippen molar-refractivity contribution in [1.29, 1.82) is 5.26 Å². The molecule has 0 saturated heterocycles. The molecule has 0 spiro atoms. The molecule has 0 fully saturated rings. The van der Waals surface area contributed by atoms with Crippen LogP contribution in [0.2, 0.25) is 0 Å². The minimum atomic E-state index is -0.520. The molecule has 1 heterocycles. The zero-order chi connectivity index (χ0) is 15.4. The number of nitrogen functional groups attached to an aromatic ring is 1. The molecule has 0 saturated carbocycles. The summed E-state index contributed by atoms with van der Waals surface area (Å²) in [6, 6.07) is 10.6. The molecule has 0 atom stereocenters. The summed E-state index contributed by atoms with van der Waals surface area (Å²) in [7, 11) is 3.05. The number of carbonyl (C=O) groups excluding carboxylic acids is 1. The summed E-state index contributed by atoms with van der Waals surface area (Å²) in [6.07, 6.45) is 1.46. The highest BCUT2D eigenvalue weighted by Gasteiger charge is 2.18. The molecule has 6 nitrogen and oxygen atoms in total. The fraction of sp³-hybridized carbons (Fsp3) is 0.133. The zero-order valence-corrected chi connectivity index (χ0v) is 11.7. The van der Waals surface area contributed by atoms with Gasteiger partial charge in [-0.15, -0.1) is 0 Å². The molecular weight excluding hydrogens is 268 g/mol. The van der Waals surface area contributed by atoms with Gasteiger partial charge in [0.1, 0.15) is 11.4 Å². The first-order valence-electron chi connectivity index (χ1n) is 6.14. The molecule has 21 heavy (non-hydrogen) atoms. The molecule has 0 radical (unpaired) electrons. The Morgan fingerprint density at radius 2 is 2.19 bits per heavy atom. The van der Waals surface area contributed by atoms with Gasteiger partial charge < -0.3 is 15.4 Å². The summed E-state index contributed by atoms with van der Waals surface area (Å²) in [5, 5.41) is 8.96. The van der Waals surface area contributed by atoms with E-state index in [1.54, 1.807) is 30.1 Å². The van der Waals surface area contributed by atoms with Gasteiger partial charge in [-0.05, 0) is 24.3 Å². The smallest absolute Gasteiger partial charge is 0.341 e. The first-order valence-corrected chi connectivity index (χ1v) is 6.14. The normalized spacial score (nSPS) is 9.76. The Morgan fingerprint density at radius 3 is 2.86 bits per heavy atom. The van der Waals surface area contributed by atoms with Crippen molar-refractivity contribution in [1.82, 2.24) is 4.98 Å². The van der Waals surface area contributed by atoms with Gasteiger partial charge in [0.2, 0.25) is 0 Å². The molecule has 1 aromatic heterocycles. The van der Waals surface area contributed by atoms with Crippen molar-refractivity contribution in [2.24, 2.45) is 0 Å². The van der Waals surface area contributed by atoms with E-state index >= 15 is 0 Å². The average molecular weight is 282 g/mol. The van der Waals surface area contributed by atoms with Crippen molar-refractivity contribution in [2.45, 2.75) is 0 Å². The van der Waals surface area contributed by atoms with Gasteiger partial charge in [0, 0.05) is 12.7 Å². The molecule has 2 rings (SSSR count). The van der Waals surface area contributed by atoms with E-state index in [1.807, 2.05) is 6.07 Å². The highest BCUT2D eigenvalue weighted by atomic mass is 16.5. The van der Waals surface area contributed by atoms with Crippen molar-refractivity contribution < 1.29 is 9.53 Å². The molecule has 0 unspecified atom stereocenters. The number of esters is 1. The quantitative estimate of drug-likeness (QED) is 0.866. The number of carbonyl (C=O) groups is 1. The van der Waals surface area contributed by atoms with Crippen LogP contribution in [-0.2, 0) is 4.74 Å². The fourth-order valence-electron chi connectivity index (χ4n) is 1.91. The summed E-state index contributed by atoms with van der Waals surface area (Å²) in [6.45, 7) is 0. The Kier molecular flexibility index (Phi) is 4.05. The van der Waals surface area contributed by atoms with Crippen LogP contribution in [0.1, 0.15) is 15.9 Å². The van der Waals surface area contributed by atoms with Gasteiger partial charge in [-0.25, -0.2) is 9.78 Å². The van der Waals surface area contributed by atoms with Crippen LogP contribution in [-0.4, -0.2) is 25.1 Å². The minimum Gasteiger partial charge on any atom is -0.465 e. The van der Waals surface area contributed by atoms with Crippen LogP contribution in [0.4, 0.5) is 17.2 Å². The average Bonchev–Trinajstić information content (AvgIpc) is 2.53. The molecule has 6 heteroatoms. The number of methoxy groups -OCH3 is 1. The molecule has 0 aliphatic carbocycles. The minimum absolute atomic E-state index is 0.266. The van der Waals surface area contributed by atoms with E-state index in [0.717, 1.165) is 5.69 Å². The molecule has 2 N–H and O–H groups in total. The Labute approximate surface area is 122 Å². The predicted molar refractivity (Wildman–Crippen MR) is 79.2 cm³/mol. The van der Waals surface area contributed by atoms with Gasteiger partial charge in [-0.3, -0.25) is 0 Å². The van der Waals surface area contributed by atoms with Crippen molar-refractivity contribution >= 4 is 23.2 Å². The molecular formula is C15H14N4O2. The largest absolute Gasteiger partial charge is 0.465 e. The monoisotopic (exact) mass is 282 g/mol.